The quantitative estimate of drug-likeness (QED) is 0.405. The molecular formula is C27H38ClN3O4S. The van der Waals surface area contributed by atoms with E-state index in [9.17, 15) is 18.0 Å². The van der Waals surface area contributed by atoms with E-state index in [-0.39, 0.29) is 37.2 Å². The van der Waals surface area contributed by atoms with Gasteiger partial charge in [-0.2, -0.15) is 0 Å². The second kappa shape index (κ2) is 13.7. The van der Waals surface area contributed by atoms with Gasteiger partial charge in [0, 0.05) is 31.1 Å². The zero-order valence-electron chi connectivity index (χ0n) is 21.8. The summed E-state index contributed by atoms with van der Waals surface area (Å²) < 4.78 is 26.2. The maximum Gasteiger partial charge on any atom is 0.242 e. The molecule has 0 aliphatic carbocycles. The predicted octanol–water partition coefficient (Wildman–Crippen LogP) is 4.64. The molecule has 0 heterocycles. The van der Waals surface area contributed by atoms with E-state index in [1.807, 2.05) is 45.0 Å². The number of amides is 2. The van der Waals surface area contributed by atoms with Gasteiger partial charge in [-0.1, -0.05) is 56.6 Å². The molecule has 9 heteroatoms. The van der Waals surface area contributed by atoms with E-state index in [0.29, 0.717) is 23.7 Å². The number of sulfonamides is 1. The van der Waals surface area contributed by atoms with Crippen LogP contribution in [0.15, 0.2) is 48.5 Å². The molecule has 0 aromatic heterocycles. The molecule has 0 radical (unpaired) electrons. The molecule has 36 heavy (non-hydrogen) atoms. The lowest BCUT2D eigenvalue weighted by Gasteiger charge is -2.29. The molecule has 0 bridgehead atoms. The molecule has 1 atom stereocenters. The first-order chi connectivity index (χ1) is 16.9. The number of nitrogens with one attached hydrogen (secondary N) is 1. The minimum atomic E-state index is -3.52. The SMILES string of the molecule is CCc1ccc(N(CCCC(=O)N(Cc2ccc(Cl)cc2)[C@H](C)C(=O)NCC(C)C)S(C)(=O)=O)cc1. The van der Waals surface area contributed by atoms with Gasteiger partial charge in [0.05, 0.1) is 11.9 Å². The molecular weight excluding hydrogens is 498 g/mol. The van der Waals surface area contributed by atoms with Crippen molar-refractivity contribution in [1.82, 2.24) is 10.2 Å². The lowest BCUT2D eigenvalue weighted by Crippen LogP contribution is -2.48. The van der Waals surface area contributed by atoms with Crippen LogP contribution in [-0.2, 0) is 32.6 Å². The highest BCUT2D eigenvalue weighted by molar-refractivity contribution is 7.92. The summed E-state index contributed by atoms with van der Waals surface area (Å²) in [7, 11) is -3.52. The number of aryl methyl sites for hydroxylation is 1. The van der Waals surface area contributed by atoms with Gasteiger partial charge in [-0.15, -0.1) is 0 Å². The summed E-state index contributed by atoms with van der Waals surface area (Å²) in [5.41, 5.74) is 2.54. The molecule has 198 valence electrons. The summed E-state index contributed by atoms with van der Waals surface area (Å²) in [6.45, 7) is 8.69. The molecule has 0 aliphatic rings. The number of nitrogens with zero attached hydrogens (tertiary/aromatic N) is 2. The van der Waals surface area contributed by atoms with Gasteiger partial charge in [0.2, 0.25) is 21.8 Å². The first-order valence-corrected chi connectivity index (χ1v) is 14.5. The van der Waals surface area contributed by atoms with Crippen molar-refractivity contribution in [3.05, 3.63) is 64.7 Å². The Kier molecular flexibility index (Phi) is 11.2. The summed E-state index contributed by atoms with van der Waals surface area (Å²) in [6, 6.07) is 13.9. The molecule has 0 spiro atoms. The first kappa shape index (κ1) is 29.6. The molecule has 2 amide bonds. The fourth-order valence-corrected chi connectivity index (χ4v) is 4.81. The fraction of sp³-hybridized carbons (Fsp3) is 0.481. The maximum absolute atomic E-state index is 13.3. The third-order valence-electron chi connectivity index (χ3n) is 5.90. The third-order valence-corrected chi connectivity index (χ3v) is 7.35. The molecule has 0 aliphatic heterocycles. The Morgan fingerprint density at radius 3 is 2.08 bits per heavy atom. The lowest BCUT2D eigenvalue weighted by atomic mass is 10.1. The fourth-order valence-electron chi connectivity index (χ4n) is 3.72. The highest BCUT2D eigenvalue weighted by Crippen LogP contribution is 2.20. The van der Waals surface area contributed by atoms with Gasteiger partial charge in [-0.05, 0) is 61.1 Å². The second-order valence-corrected chi connectivity index (χ2v) is 11.8. The van der Waals surface area contributed by atoms with Crippen molar-refractivity contribution in [3.63, 3.8) is 0 Å². The second-order valence-electron chi connectivity index (χ2n) is 9.42. The number of anilines is 1. The smallest absolute Gasteiger partial charge is 0.242 e. The van der Waals surface area contributed by atoms with Crippen molar-refractivity contribution in [1.29, 1.82) is 0 Å². The molecule has 0 fully saturated rings. The van der Waals surface area contributed by atoms with Crippen LogP contribution >= 0.6 is 11.6 Å². The number of halogens is 1. The molecule has 2 rings (SSSR count). The Hall–Kier alpha value is -2.58. The van der Waals surface area contributed by atoms with Crippen LogP contribution < -0.4 is 9.62 Å². The van der Waals surface area contributed by atoms with Crippen LogP contribution in [0.25, 0.3) is 0 Å². The van der Waals surface area contributed by atoms with Gasteiger partial charge in [0.25, 0.3) is 0 Å². The molecule has 1 N–H and O–H groups in total. The molecule has 2 aromatic carbocycles. The summed E-state index contributed by atoms with van der Waals surface area (Å²) in [6.07, 6.45) is 2.45. The summed E-state index contributed by atoms with van der Waals surface area (Å²) in [5, 5.41) is 3.49. The lowest BCUT2D eigenvalue weighted by molar-refractivity contribution is -0.140. The topological polar surface area (TPSA) is 86.8 Å². The average Bonchev–Trinajstić information content (AvgIpc) is 2.83. The van der Waals surface area contributed by atoms with E-state index < -0.39 is 16.1 Å². The van der Waals surface area contributed by atoms with E-state index in [2.05, 4.69) is 5.32 Å². The Balaban J connectivity index is 2.14. The molecule has 0 unspecified atom stereocenters. The number of benzene rings is 2. The Morgan fingerprint density at radius 1 is 0.972 bits per heavy atom. The highest BCUT2D eigenvalue weighted by atomic mass is 35.5. The van der Waals surface area contributed by atoms with Crippen molar-refractivity contribution in [2.45, 2.75) is 59.5 Å². The standard InChI is InChI=1S/C27H38ClN3O4S/c1-6-22-11-15-25(16-12-22)31(36(5,34)35)17-7-8-26(32)30(19-23-9-13-24(28)14-10-23)21(4)27(33)29-18-20(2)3/h9-16,20-21H,6-8,17-19H2,1-5H3,(H,29,33)/t21-/m1/s1. The number of rotatable bonds is 13. The normalized spacial score (nSPS) is 12.3. The van der Waals surface area contributed by atoms with Crippen LogP contribution in [0, 0.1) is 5.92 Å². The van der Waals surface area contributed by atoms with Crippen molar-refractivity contribution >= 4 is 39.1 Å². The van der Waals surface area contributed by atoms with E-state index >= 15 is 0 Å². The van der Waals surface area contributed by atoms with Crippen LogP contribution in [0.4, 0.5) is 5.69 Å². The first-order valence-electron chi connectivity index (χ1n) is 12.3. The molecule has 2 aromatic rings. The summed E-state index contributed by atoms with van der Waals surface area (Å²) in [5.74, 6) is -0.151. The number of carbonyl (C=O) groups is 2. The Labute approximate surface area is 220 Å². The van der Waals surface area contributed by atoms with Gasteiger partial charge in [-0.25, -0.2) is 8.42 Å². The molecule has 0 saturated heterocycles. The Morgan fingerprint density at radius 2 is 1.56 bits per heavy atom. The van der Waals surface area contributed by atoms with Crippen molar-refractivity contribution in [2.24, 2.45) is 5.92 Å². The van der Waals surface area contributed by atoms with Crippen LogP contribution in [0.1, 0.15) is 51.7 Å². The third kappa shape index (κ3) is 9.13. The van der Waals surface area contributed by atoms with E-state index in [1.165, 1.54) is 4.31 Å². The van der Waals surface area contributed by atoms with Crippen molar-refractivity contribution < 1.29 is 18.0 Å². The highest BCUT2D eigenvalue weighted by Gasteiger charge is 2.26. The average molecular weight is 536 g/mol. The predicted molar refractivity (Wildman–Crippen MR) is 147 cm³/mol. The van der Waals surface area contributed by atoms with Gasteiger partial charge in [0.1, 0.15) is 6.04 Å². The van der Waals surface area contributed by atoms with E-state index in [4.69, 9.17) is 11.6 Å². The van der Waals surface area contributed by atoms with Crippen LogP contribution in [-0.4, -0.2) is 50.5 Å². The monoisotopic (exact) mass is 535 g/mol. The zero-order valence-corrected chi connectivity index (χ0v) is 23.4. The van der Waals surface area contributed by atoms with Gasteiger partial charge in [-0.3, -0.25) is 13.9 Å². The largest absolute Gasteiger partial charge is 0.354 e. The van der Waals surface area contributed by atoms with Crippen LogP contribution in [0.2, 0.25) is 5.02 Å². The van der Waals surface area contributed by atoms with E-state index in [1.54, 1.807) is 36.1 Å². The van der Waals surface area contributed by atoms with Crippen molar-refractivity contribution in [2.75, 3.05) is 23.7 Å². The van der Waals surface area contributed by atoms with Crippen LogP contribution in [0.3, 0.4) is 0 Å². The zero-order chi connectivity index (χ0) is 26.9. The minimum absolute atomic E-state index is 0.106. The van der Waals surface area contributed by atoms with Gasteiger partial charge < -0.3 is 10.2 Å². The Bertz CT molecular complexity index is 1100. The van der Waals surface area contributed by atoms with Gasteiger partial charge >= 0.3 is 0 Å². The summed E-state index contributed by atoms with van der Waals surface area (Å²) in [4.78, 5) is 27.6. The van der Waals surface area contributed by atoms with E-state index in [0.717, 1.165) is 23.8 Å². The van der Waals surface area contributed by atoms with Crippen molar-refractivity contribution in [3.8, 4) is 0 Å². The number of hydrogen-bond acceptors (Lipinski definition) is 4. The minimum Gasteiger partial charge on any atom is -0.354 e. The number of hydrogen-bond donors (Lipinski definition) is 1. The maximum atomic E-state index is 13.3. The molecule has 7 nitrogen and oxygen atoms in total. The van der Waals surface area contributed by atoms with Gasteiger partial charge in [0.15, 0.2) is 0 Å². The summed E-state index contributed by atoms with van der Waals surface area (Å²) >= 11 is 6.00. The van der Waals surface area contributed by atoms with Crippen LogP contribution in [0.5, 0.6) is 0 Å². The molecule has 0 saturated carbocycles. The number of carbonyl (C=O) groups excluding carboxylic acids is 2.